The highest BCUT2D eigenvalue weighted by Crippen LogP contribution is 2.26. The summed E-state index contributed by atoms with van der Waals surface area (Å²) in [5.41, 5.74) is 2.05. The van der Waals surface area contributed by atoms with Crippen molar-refractivity contribution in [2.75, 3.05) is 31.1 Å². The molecular weight excluding hydrogens is 530 g/mol. The second-order valence-electron chi connectivity index (χ2n) is 9.19. The smallest absolute Gasteiger partial charge is 0.264 e. The molecule has 214 valence electrons. The molecule has 0 heterocycles. The third-order valence-corrected chi connectivity index (χ3v) is 8.14. The Bertz CT molecular complexity index is 1370. The average molecular weight is 568 g/mol. The van der Waals surface area contributed by atoms with Crippen LogP contribution in [-0.4, -0.2) is 58.0 Å². The van der Waals surface area contributed by atoms with Crippen LogP contribution in [0.4, 0.5) is 5.69 Å². The van der Waals surface area contributed by atoms with Gasteiger partial charge in [-0.15, -0.1) is 0 Å². The van der Waals surface area contributed by atoms with E-state index in [1.54, 1.807) is 81.6 Å². The van der Waals surface area contributed by atoms with Gasteiger partial charge in [-0.05, 0) is 81.8 Å². The van der Waals surface area contributed by atoms with E-state index in [9.17, 15) is 18.0 Å². The fraction of sp³-hybridized carbons (Fsp3) is 0.333. The van der Waals surface area contributed by atoms with E-state index in [2.05, 4.69) is 5.32 Å². The molecule has 2 amide bonds. The number of amides is 2. The zero-order valence-electron chi connectivity index (χ0n) is 23.6. The second kappa shape index (κ2) is 13.8. The fourth-order valence-corrected chi connectivity index (χ4v) is 5.49. The summed E-state index contributed by atoms with van der Waals surface area (Å²) >= 11 is 0. The van der Waals surface area contributed by atoms with E-state index >= 15 is 0 Å². The first kappa shape index (κ1) is 30.5. The molecular formula is C30H37N3O6S. The van der Waals surface area contributed by atoms with E-state index < -0.39 is 28.5 Å². The number of carbonyl (C=O) groups is 2. The van der Waals surface area contributed by atoms with Gasteiger partial charge in [-0.3, -0.25) is 13.9 Å². The number of ether oxygens (including phenoxy) is 2. The van der Waals surface area contributed by atoms with Crippen molar-refractivity contribution in [3.05, 3.63) is 83.9 Å². The Balaban J connectivity index is 2.00. The van der Waals surface area contributed by atoms with Crippen LogP contribution < -0.4 is 19.1 Å². The zero-order chi connectivity index (χ0) is 29.3. The second-order valence-corrected chi connectivity index (χ2v) is 11.1. The van der Waals surface area contributed by atoms with Crippen molar-refractivity contribution in [1.82, 2.24) is 10.2 Å². The number of hydrogen-bond acceptors (Lipinski definition) is 6. The van der Waals surface area contributed by atoms with Crippen molar-refractivity contribution in [2.45, 2.75) is 45.2 Å². The van der Waals surface area contributed by atoms with Gasteiger partial charge in [0.2, 0.25) is 11.8 Å². The number of nitrogens with one attached hydrogen (secondary N) is 1. The highest BCUT2D eigenvalue weighted by atomic mass is 32.2. The van der Waals surface area contributed by atoms with Gasteiger partial charge in [-0.25, -0.2) is 8.42 Å². The number of hydrogen-bond donors (Lipinski definition) is 1. The summed E-state index contributed by atoms with van der Waals surface area (Å²) in [4.78, 5) is 28.1. The molecule has 0 saturated heterocycles. The first-order valence-corrected chi connectivity index (χ1v) is 14.6. The third-order valence-electron chi connectivity index (χ3n) is 6.35. The SMILES string of the molecule is CCNC(=O)C(C)N(Cc1ccc(OC)cc1)C(=O)CN(c1ccc(C)cc1)S(=O)(=O)c1ccc(OCC)cc1. The van der Waals surface area contributed by atoms with Gasteiger partial charge in [-0.1, -0.05) is 29.8 Å². The van der Waals surface area contributed by atoms with Crippen molar-refractivity contribution in [1.29, 1.82) is 0 Å². The van der Waals surface area contributed by atoms with E-state index in [1.807, 2.05) is 13.8 Å². The third kappa shape index (κ3) is 7.53. The number of sulfonamides is 1. The summed E-state index contributed by atoms with van der Waals surface area (Å²) in [6.45, 7) is 7.61. The van der Waals surface area contributed by atoms with Crippen LogP contribution in [-0.2, 0) is 26.2 Å². The van der Waals surface area contributed by atoms with Gasteiger partial charge in [-0.2, -0.15) is 0 Å². The Morgan fingerprint density at radius 3 is 2.05 bits per heavy atom. The standard InChI is InChI=1S/C30H37N3O6S/c1-6-31-30(35)23(4)32(20-24-10-14-26(38-5)15-11-24)29(34)21-33(25-12-8-22(3)9-13-25)40(36,37)28-18-16-27(17-19-28)39-7-2/h8-19,23H,6-7,20-21H2,1-5H3,(H,31,35). The normalized spacial score (nSPS) is 11.8. The molecule has 9 nitrogen and oxygen atoms in total. The molecule has 1 atom stereocenters. The number of carbonyl (C=O) groups excluding carboxylic acids is 2. The Labute approximate surface area is 236 Å². The highest BCUT2D eigenvalue weighted by Gasteiger charge is 2.32. The van der Waals surface area contributed by atoms with Crippen LogP contribution in [0, 0.1) is 6.92 Å². The zero-order valence-corrected chi connectivity index (χ0v) is 24.4. The first-order chi connectivity index (χ1) is 19.1. The van der Waals surface area contributed by atoms with Crippen LogP contribution in [0.15, 0.2) is 77.7 Å². The number of benzene rings is 3. The lowest BCUT2D eigenvalue weighted by atomic mass is 10.1. The quantitative estimate of drug-likeness (QED) is 0.333. The molecule has 0 fully saturated rings. The first-order valence-electron chi connectivity index (χ1n) is 13.1. The van der Waals surface area contributed by atoms with E-state index in [1.165, 1.54) is 17.0 Å². The topological polar surface area (TPSA) is 105 Å². The van der Waals surface area contributed by atoms with Crippen LogP contribution in [0.1, 0.15) is 31.9 Å². The molecule has 3 aromatic rings. The maximum absolute atomic E-state index is 13.9. The predicted molar refractivity (Wildman–Crippen MR) is 155 cm³/mol. The number of methoxy groups -OCH3 is 1. The molecule has 3 aromatic carbocycles. The lowest BCUT2D eigenvalue weighted by Gasteiger charge is -2.32. The van der Waals surface area contributed by atoms with Crippen LogP contribution in [0.3, 0.4) is 0 Å². The maximum atomic E-state index is 13.9. The van der Waals surface area contributed by atoms with Gasteiger partial charge in [0.15, 0.2) is 0 Å². The predicted octanol–water partition coefficient (Wildman–Crippen LogP) is 4.15. The summed E-state index contributed by atoms with van der Waals surface area (Å²) in [7, 11) is -2.59. The summed E-state index contributed by atoms with van der Waals surface area (Å²) in [6, 6.07) is 19.3. The van der Waals surface area contributed by atoms with Crippen LogP contribution in [0.25, 0.3) is 0 Å². The van der Waals surface area contributed by atoms with E-state index in [4.69, 9.17) is 9.47 Å². The van der Waals surface area contributed by atoms with Gasteiger partial charge < -0.3 is 19.7 Å². The lowest BCUT2D eigenvalue weighted by molar-refractivity contribution is -0.139. The summed E-state index contributed by atoms with van der Waals surface area (Å²) in [5, 5.41) is 2.75. The van der Waals surface area contributed by atoms with Crippen LogP contribution in [0.5, 0.6) is 11.5 Å². The van der Waals surface area contributed by atoms with Crippen molar-refractivity contribution < 1.29 is 27.5 Å². The maximum Gasteiger partial charge on any atom is 0.264 e. The molecule has 0 aliphatic heterocycles. The largest absolute Gasteiger partial charge is 0.497 e. The van der Waals surface area contributed by atoms with Crippen LogP contribution >= 0.6 is 0 Å². The molecule has 1 unspecified atom stereocenters. The van der Waals surface area contributed by atoms with Gasteiger partial charge >= 0.3 is 0 Å². The minimum atomic E-state index is -4.15. The van der Waals surface area contributed by atoms with Crippen molar-refractivity contribution in [3.63, 3.8) is 0 Å². The Kier molecular flexibility index (Phi) is 10.6. The molecule has 0 radical (unpaired) electrons. The Hall–Kier alpha value is -4.05. The molecule has 40 heavy (non-hydrogen) atoms. The molecule has 3 rings (SSSR count). The molecule has 0 aromatic heterocycles. The Morgan fingerprint density at radius 1 is 0.900 bits per heavy atom. The fourth-order valence-electron chi connectivity index (χ4n) is 4.07. The van der Waals surface area contributed by atoms with Crippen molar-refractivity contribution in [3.8, 4) is 11.5 Å². The molecule has 1 N–H and O–H groups in total. The van der Waals surface area contributed by atoms with Gasteiger partial charge in [0.25, 0.3) is 10.0 Å². The van der Waals surface area contributed by atoms with E-state index in [0.29, 0.717) is 30.3 Å². The van der Waals surface area contributed by atoms with Gasteiger partial charge in [0.05, 0.1) is 24.3 Å². The summed E-state index contributed by atoms with van der Waals surface area (Å²) < 4.78 is 39.6. The average Bonchev–Trinajstić information content (AvgIpc) is 2.95. The van der Waals surface area contributed by atoms with E-state index in [-0.39, 0.29) is 17.3 Å². The summed E-state index contributed by atoms with van der Waals surface area (Å²) in [6.07, 6.45) is 0. The molecule has 0 saturated carbocycles. The number of rotatable bonds is 13. The number of nitrogens with zero attached hydrogens (tertiary/aromatic N) is 2. The number of aryl methyl sites for hydroxylation is 1. The minimum Gasteiger partial charge on any atom is -0.497 e. The van der Waals surface area contributed by atoms with E-state index in [0.717, 1.165) is 15.4 Å². The molecule has 0 spiro atoms. The minimum absolute atomic E-state index is 0.0165. The van der Waals surface area contributed by atoms with Crippen molar-refractivity contribution in [2.24, 2.45) is 0 Å². The highest BCUT2D eigenvalue weighted by molar-refractivity contribution is 7.92. The molecule has 0 aliphatic rings. The monoisotopic (exact) mass is 567 g/mol. The number of anilines is 1. The molecule has 0 aliphatic carbocycles. The lowest BCUT2D eigenvalue weighted by Crippen LogP contribution is -2.51. The van der Waals surface area contributed by atoms with Crippen LogP contribution in [0.2, 0.25) is 0 Å². The van der Waals surface area contributed by atoms with Crippen molar-refractivity contribution >= 4 is 27.5 Å². The number of likely N-dealkylation sites (N-methyl/N-ethyl adjacent to an activating group) is 1. The Morgan fingerprint density at radius 2 is 1.50 bits per heavy atom. The summed E-state index contributed by atoms with van der Waals surface area (Å²) in [5.74, 6) is 0.344. The molecule has 0 bridgehead atoms. The van der Waals surface area contributed by atoms with Gasteiger partial charge in [0.1, 0.15) is 24.1 Å². The van der Waals surface area contributed by atoms with Gasteiger partial charge in [0, 0.05) is 13.1 Å². The molecule has 10 heteroatoms.